The summed E-state index contributed by atoms with van der Waals surface area (Å²) in [6.45, 7) is 9.03. The highest BCUT2D eigenvalue weighted by molar-refractivity contribution is 5.77. The number of likely N-dealkylation sites (tertiary alicyclic amines) is 1. The van der Waals surface area contributed by atoms with Gasteiger partial charge in [0.25, 0.3) is 0 Å². The molecule has 1 amide bonds. The van der Waals surface area contributed by atoms with Crippen molar-refractivity contribution in [3.63, 3.8) is 0 Å². The maximum Gasteiger partial charge on any atom is 0.222 e. The summed E-state index contributed by atoms with van der Waals surface area (Å²) in [5.74, 6) is 1.65. The van der Waals surface area contributed by atoms with E-state index in [0.29, 0.717) is 0 Å². The van der Waals surface area contributed by atoms with Crippen molar-refractivity contribution in [3.05, 3.63) is 0 Å². The summed E-state index contributed by atoms with van der Waals surface area (Å²) in [5.41, 5.74) is -0.718. The van der Waals surface area contributed by atoms with Gasteiger partial charge < -0.3 is 15.3 Å². The minimum atomic E-state index is -0.718. The van der Waals surface area contributed by atoms with Crippen LogP contribution >= 0.6 is 0 Å². The van der Waals surface area contributed by atoms with Crippen molar-refractivity contribution in [3.8, 4) is 0 Å². The van der Waals surface area contributed by atoms with Crippen molar-refractivity contribution in [2.45, 2.75) is 70.8 Å². The lowest BCUT2D eigenvalue weighted by molar-refractivity contribution is -0.125. The highest BCUT2D eigenvalue weighted by Crippen LogP contribution is 2.32. The third-order valence-electron chi connectivity index (χ3n) is 5.19. The van der Waals surface area contributed by atoms with Crippen LogP contribution < -0.4 is 5.32 Å². The van der Waals surface area contributed by atoms with Crippen molar-refractivity contribution in [2.75, 3.05) is 26.2 Å². The zero-order chi connectivity index (χ0) is 16.0. The van der Waals surface area contributed by atoms with E-state index < -0.39 is 5.60 Å². The number of amides is 1. The molecule has 0 aromatic rings. The number of aliphatic hydroxyl groups is 1. The smallest absolute Gasteiger partial charge is 0.222 e. The van der Waals surface area contributed by atoms with E-state index in [1.807, 2.05) is 0 Å². The van der Waals surface area contributed by atoms with E-state index in [-0.39, 0.29) is 12.3 Å². The Kier molecular flexibility index (Phi) is 6.69. The number of hydrogen-bond acceptors (Lipinski definition) is 3. The quantitative estimate of drug-likeness (QED) is 0.711. The first kappa shape index (κ1) is 17.7. The second kappa shape index (κ2) is 8.30. The van der Waals surface area contributed by atoms with E-state index >= 15 is 0 Å². The predicted octanol–water partition coefficient (Wildman–Crippen LogP) is 2.56. The van der Waals surface area contributed by atoms with Crippen LogP contribution in [-0.2, 0) is 4.79 Å². The third-order valence-corrected chi connectivity index (χ3v) is 5.19. The van der Waals surface area contributed by atoms with E-state index in [9.17, 15) is 9.90 Å². The normalized spacial score (nSPS) is 28.7. The van der Waals surface area contributed by atoms with Crippen LogP contribution in [0.25, 0.3) is 0 Å². The van der Waals surface area contributed by atoms with Gasteiger partial charge in [-0.25, -0.2) is 0 Å². The van der Waals surface area contributed by atoms with Crippen molar-refractivity contribution >= 4 is 5.91 Å². The summed E-state index contributed by atoms with van der Waals surface area (Å²) in [6.07, 6.45) is 7.49. The van der Waals surface area contributed by atoms with E-state index in [1.165, 1.54) is 19.5 Å². The molecular weight excluding hydrogens is 276 g/mol. The lowest BCUT2D eigenvalue weighted by atomic mass is 9.92. The molecule has 1 saturated carbocycles. The van der Waals surface area contributed by atoms with Gasteiger partial charge >= 0.3 is 0 Å². The molecule has 2 rings (SSSR count). The van der Waals surface area contributed by atoms with Crippen LogP contribution in [-0.4, -0.2) is 47.7 Å². The molecular formula is C18H34N2O2. The molecule has 0 spiro atoms. The molecule has 2 fully saturated rings. The van der Waals surface area contributed by atoms with Gasteiger partial charge in [-0.05, 0) is 50.5 Å². The molecule has 4 nitrogen and oxygen atoms in total. The maximum absolute atomic E-state index is 11.9. The number of piperidine rings is 1. The number of nitrogens with one attached hydrogen (secondary N) is 1. The molecule has 0 aromatic heterocycles. The molecule has 2 atom stereocenters. The summed E-state index contributed by atoms with van der Waals surface area (Å²) in [4.78, 5) is 14.4. The topological polar surface area (TPSA) is 52.6 Å². The van der Waals surface area contributed by atoms with Crippen LogP contribution in [0.1, 0.15) is 65.2 Å². The zero-order valence-electron chi connectivity index (χ0n) is 14.4. The van der Waals surface area contributed by atoms with Gasteiger partial charge in [0.15, 0.2) is 0 Å². The molecule has 2 aliphatic rings. The zero-order valence-corrected chi connectivity index (χ0v) is 14.4. The summed E-state index contributed by atoms with van der Waals surface area (Å²) >= 11 is 0. The molecule has 1 aliphatic heterocycles. The van der Waals surface area contributed by atoms with Crippen LogP contribution in [0, 0.1) is 11.8 Å². The fourth-order valence-electron chi connectivity index (χ4n) is 4.23. The van der Waals surface area contributed by atoms with E-state index in [0.717, 1.165) is 63.5 Å². The average molecular weight is 310 g/mol. The summed E-state index contributed by atoms with van der Waals surface area (Å²) in [6, 6.07) is 0. The highest BCUT2D eigenvalue weighted by atomic mass is 16.3. The predicted molar refractivity (Wildman–Crippen MR) is 89.7 cm³/mol. The molecule has 0 aromatic carbocycles. The molecule has 2 N–H and O–H groups in total. The Morgan fingerprint density at radius 2 is 1.82 bits per heavy atom. The van der Waals surface area contributed by atoms with Gasteiger partial charge in [0.05, 0.1) is 12.0 Å². The second-order valence-electron chi connectivity index (χ2n) is 7.87. The lowest BCUT2D eigenvalue weighted by Gasteiger charge is -2.34. The minimum absolute atomic E-state index is 0.0182. The molecule has 1 heterocycles. The standard InChI is InChI=1S/C18H34N2O2/c1-15-11-16(2)14-20(13-15)10-6-5-9-19-17(21)12-18(22)7-3-4-8-18/h15-16,22H,3-14H2,1-2H3,(H,19,21). The molecule has 0 radical (unpaired) electrons. The van der Waals surface area contributed by atoms with Gasteiger partial charge in [-0.3, -0.25) is 4.79 Å². The molecule has 1 saturated heterocycles. The van der Waals surface area contributed by atoms with Gasteiger partial charge in [-0.15, -0.1) is 0 Å². The van der Waals surface area contributed by atoms with Crippen LogP contribution in [0.15, 0.2) is 0 Å². The summed E-state index contributed by atoms with van der Waals surface area (Å²) in [5, 5.41) is 13.2. The third kappa shape index (κ3) is 5.88. The molecule has 4 heteroatoms. The largest absolute Gasteiger partial charge is 0.389 e. The van der Waals surface area contributed by atoms with Crippen molar-refractivity contribution in [2.24, 2.45) is 11.8 Å². The van der Waals surface area contributed by atoms with Gasteiger partial charge in [0.1, 0.15) is 0 Å². The monoisotopic (exact) mass is 310 g/mol. The van der Waals surface area contributed by atoms with E-state index in [2.05, 4.69) is 24.1 Å². The van der Waals surface area contributed by atoms with Crippen LogP contribution in [0.3, 0.4) is 0 Å². The van der Waals surface area contributed by atoms with E-state index in [4.69, 9.17) is 0 Å². The second-order valence-corrected chi connectivity index (χ2v) is 7.87. The Balaban J connectivity index is 1.52. The Labute approximate surface area is 135 Å². The first-order valence-electron chi connectivity index (χ1n) is 9.18. The van der Waals surface area contributed by atoms with Crippen LogP contribution in [0.5, 0.6) is 0 Å². The van der Waals surface area contributed by atoms with Gasteiger partial charge in [0, 0.05) is 19.6 Å². The molecule has 1 aliphatic carbocycles. The van der Waals surface area contributed by atoms with E-state index in [1.54, 1.807) is 0 Å². The number of nitrogens with zero attached hydrogens (tertiary/aromatic N) is 1. The fraction of sp³-hybridized carbons (Fsp3) is 0.944. The molecule has 2 unspecified atom stereocenters. The SMILES string of the molecule is CC1CC(C)CN(CCCCNC(=O)CC2(O)CCCC2)C1. The lowest BCUT2D eigenvalue weighted by Crippen LogP contribution is -2.39. The molecule has 0 bridgehead atoms. The average Bonchev–Trinajstić information content (AvgIpc) is 2.83. The summed E-state index contributed by atoms with van der Waals surface area (Å²) in [7, 11) is 0. The number of carbonyl (C=O) groups is 1. The number of unbranched alkanes of at least 4 members (excludes halogenated alkanes) is 1. The Bertz CT molecular complexity index is 343. The maximum atomic E-state index is 11.9. The van der Waals surface area contributed by atoms with Crippen molar-refractivity contribution < 1.29 is 9.90 Å². The molecule has 22 heavy (non-hydrogen) atoms. The Hall–Kier alpha value is -0.610. The number of carbonyl (C=O) groups excluding carboxylic acids is 1. The van der Waals surface area contributed by atoms with Gasteiger partial charge in [0.2, 0.25) is 5.91 Å². The number of hydrogen-bond donors (Lipinski definition) is 2. The molecule has 128 valence electrons. The van der Waals surface area contributed by atoms with Crippen LogP contribution in [0.4, 0.5) is 0 Å². The van der Waals surface area contributed by atoms with Crippen LogP contribution in [0.2, 0.25) is 0 Å². The minimum Gasteiger partial charge on any atom is -0.389 e. The fourth-order valence-corrected chi connectivity index (χ4v) is 4.23. The highest BCUT2D eigenvalue weighted by Gasteiger charge is 2.33. The first-order chi connectivity index (χ1) is 10.5. The van der Waals surface area contributed by atoms with Crippen molar-refractivity contribution in [1.29, 1.82) is 0 Å². The Morgan fingerprint density at radius 3 is 2.45 bits per heavy atom. The Morgan fingerprint density at radius 1 is 1.18 bits per heavy atom. The van der Waals surface area contributed by atoms with Gasteiger partial charge in [-0.1, -0.05) is 26.7 Å². The number of rotatable bonds is 7. The van der Waals surface area contributed by atoms with Crippen molar-refractivity contribution in [1.82, 2.24) is 10.2 Å². The van der Waals surface area contributed by atoms with Gasteiger partial charge in [-0.2, -0.15) is 0 Å². The summed E-state index contributed by atoms with van der Waals surface area (Å²) < 4.78 is 0. The first-order valence-corrected chi connectivity index (χ1v) is 9.18.